The lowest BCUT2D eigenvalue weighted by atomic mass is 9.95. The summed E-state index contributed by atoms with van der Waals surface area (Å²) >= 11 is 0. The fourth-order valence-corrected chi connectivity index (χ4v) is 6.58. The molecule has 0 radical (unpaired) electrons. The van der Waals surface area contributed by atoms with Crippen LogP contribution < -0.4 is 0 Å². The number of furan rings is 2. The second-order valence-electron chi connectivity index (χ2n) is 12.0. The van der Waals surface area contributed by atoms with E-state index in [0.29, 0.717) is 17.5 Å². The van der Waals surface area contributed by atoms with Crippen LogP contribution in [0.15, 0.2) is 161 Å². The van der Waals surface area contributed by atoms with Gasteiger partial charge in [0.1, 0.15) is 22.3 Å². The summed E-state index contributed by atoms with van der Waals surface area (Å²) in [6.45, 7) is 2.01. The van der Waals surface area contributed by atoms with Gasteiger partial charge in [0, 0.05) is 38.2 Å². The molecule has 5 heteroatoms. The van der Waals surface area contributed by atoms with E-state index in [1.54, 1.807) is 0 Å². The normalized spacial score (nSPS) is 12.0. The summed E-state index contributed by atoms with van der Waals surface area (Å²) in [6, 6.07) is 45.1. The first-order valence-corrected chi connectivity index (χ1v) is 16.3. The second-order valence-corrected chi connectivity index (χ2v) is 12.0. The van der Waals surface area contributed by atoms with Gasteiger partial charge in [0.25, 0.3) is 0 Å². The van der Waals surface area contributed by atoms with Crippen LogP contribution in [0.25, 0.3) is 95.2 Å². The first kappa shape index (κ1) is 28.6. The third-order valence-corrected chi connectivity index (χ3v) is 8.84. The van der Waals surface area contributed by atoms with Crippen LogP contribution in [-0.4, -0.2) is 15.0 Å². The average molecular weight is 632 g/mol. The van der Waals surface area contributed by atoms with Crippen LogP contribution in [0.2, 0.25) is 0 Å². The van der Waals surface area contributed by atoms with Gasteiger partial charge in [0.05, 0.1) is 0 Å². The van der Waals surface area contributed by atoms with Crippen LogP contribution in [0.5, 0.6) is 0 Å². The molecule has 3 heterocycles. The molecule has 0 atom stereocenters. The van der Waals surface area contributed by atoms with Gasteiger partial charge in [-0.25, -0.2) is 15.0 Å². The highest BCUT2D eigenvalue weighted by molar-refractivity contribution is 6.16. The van der Waals surface area contributed by atoms with E-state index in [4.69, 9.17) is 23.8 Å². The number of hydrogen-bond acceptors (Lipinski definition) is 5. The Labute approximate surface area is 282 Å². The van der Waals surface area contributed by atoms with Crippen LogP contribution in [0, 0.1) is 0 Å². The molecule has 0 bridgehead atoms. The van der Waals surface area contributed by atoms with Crippen molar-refractivity contribution in [2.75, 3.05) is 0 Å². The highest BCUT2D eigenvalue weighted by Gasteiger charge is 2.21. The Morgan fingerprint density at radius 2 is 1.08 bits per heavy atom. The molecule has 6 aromatic carbocycles. The molecular formula is C44H29N3O2. The van der Waals surface area contributed by atoms with E-state index in [2.05, 4.69) is 42.5 Å². The third-order valence-electron chi connectivity index (χ3n) is 8.84. The Bertz CT molecular complexity index is 2660. The molecule has 0 fully saturated rings. The summed E-state index contributed by atoms with van der Waals surface area (Å²) in [5, 5.41) is 4.07. The maximum Gasteiger partial charge on any atom is 0.164 e. The number of nitrogens with zero attached hydrogens (tertiary/aromatic N) is 3. The molecule has 3 aromatic heterocycles. The molecule has 9 aromatic rings. The smallest absolute Gasteiger partial charge is 0.164 e. The van der Waals surface area contributed by atoms with E-state index >= 15 is 0 Å². The fraction of sp³-hybridized carbons (Fsp3) is 0.0227. The Kier molecular flexibility index (Phi) is 6.95. The third kappa shape index (κ3) is 5.09. The van der Waals surface area contributed by atoms with Gasteiger partial charge in [0.2, 0.25) is 0 Å². The molecule has 0 aliphatic rings. The molecule has 9 rings (SSSR count). The predicted molar refractivity (Wildman–Crippen MR) is 200 cm³/mol. The van der Waals surface area contributed by atoms with Gasteiger partial charge < -0.3 is 8.83 Å². The Morgan fingerprint density at radius 3 is 1.84 bits per heavy atom. The van der Waals surface area contributed by atoms with Crippen molar-refractivity contribution in [3.63, 3.8) is 0 Å². The summed E-state index contributed by atoms with van der Waals surface area (Å²) in [6.07, 6.45) is 8.20. The quantitative estimate of drug-likeness (QED) is 0.171. The Hall–Kier alpha value is -6.59. The van der Waals surface area contributed by atoms with Gasteiger partial charge in [-0.1, -0.05) is 121 Å². The molecule has 0 unspecified atom stereocenters. The monoisotopic (exact) mass is 631 g/mol. The molecule has 0 saturated heterocycles. The number of benzene rings is 6. The lowest BCUT2D eigenvalue weighted by Gasteiger charge is -2.11. The van der Waals surface area contributed by atoms with Crippen molar-refractivity contribution in [3.05, 3.63) is 157 Å². The number of hydrogen-bond donors (Lipinski definition) is 0. The molecule has 5 nitrogen and oxygen atoms in total. The van der Waals surface area contributed by atoms with Crippen LogP contribution in [-0.2, 0) is 0 Å². The zero-order valence-corrected chi connectivity index (χ0v) is 26.7. The van der Waals surface area contributed by atoms with Crippen LogP contribution in [0.3, 0.4) is 0 Å². The van der Waals surface area contributed by atoms with Crippen molar-refractivity contribution in [2.45, 2.75) is 6.92 Å². The van der Waals surface area contributed by atoms with Crippen molar-refractivity contribution >= 4 is 50.0 Å². The number of para-hydroxylation sites is 1. The molecule has 0 saturated carbocycles. The highest BCUT2D eigenvalue weighted by Crippen LogP contribution is 2.43. The van der Waals surface area contributed by atoms with Gasteiger partial charge >= 0.3 is 0 Å². The van der Waals surface area contributed by atoms with Crippen LogP contribution >= 0.6 is 0 Å². The van der Waals surface area contributed by atoms with Crippen LogP contribution in [0.1, 0.15) is 12.5 Å². The first-order chi connectivity index (χ1) is 24.2. The largest absolute Gasteiger partial charge is 0.456 e. The van der Waals surface area contributed by atoms with E-state index in [9.17, 15) is 0 Å². The standard InChI is InChI=1S/C44H29N3O2/c1-2-3-6-14-28-23-24-37-34(25-28)40-32(20-13-22-38(40)48-37)31-26-35(41-33-19-11-12-21-36(33)49-39(41)27-31)44-46-42(29-15-7-4-8-16-29)45-43(47-44)30-17-9-5-10-18-30/h2-27H,1H3/b3-2-,14-6-. The Morgan fingerprint density at radius 1 is 0.449 bits per heavy atom. The van der Waals surface area contributed by atoms with Crippen molar-refractivity contribution < 1.29 is 8.83 Å². The summed E-state index contributed by atoms with van der Waals surface area (Å²) in [5.74, 6) is 1.79. The predicted octanol–water partition coefficient (Wildman–Crippen LogP) is 11.9. The van der Waals surface area contributed by atoms with E-state index in [-0.39, 0.29) is 0 Å². The van der Waals surface area contributed by atoms with Crippen molar-refractivity contribution in [3.8, 4) is 45.3 Å². The lowest BCUT2D eigenvalue weighted by molar-refractivity contribution is 0.668. The van der Waals surface area contributed by atoms with Gasteiger partial charge in [-0.05, 0) is 60.0 Å². The molecular weight excluding hydrogens is 603 g/mol. The molecule has 0 N–H and O–H groups in total. The van der Waals surface area contributed by atoms with Crippen LogP contribution in [0.4, 0.5) is 0 Å². The summed E-state index contributed by atoms with van der Waals surface area (Å²) in [5.41, 5.74) is 9.06. The van der Waals surface area contributed by atoms with E-state index in [0.717, 1.165) is 77.3 Å². The SMILES string of the molecule is C/C=C\C=C/c1ccc2oc3cccc(-c4cc(-c5nc(-c6ccccc6)nc(-c6ccccc6)n5)c5c(c4)oc4ccccc45)c3c2c1. The summed E-state index contributed by atoms with van der Waals surface area (Å²) in [7, 11) is 0. The number of aromatic nitrogens is 3. The van der Waals surface area contributed by atoms with E-state index in [1.807, 2.05) is 122 Å². The molecule has 49 heavy (non-hydrogen) atoms. The zero-order chi connectivity index (χ0) is 32.7. The molecule has 0 spiro atoms. The first-order valence-electron chi connectivity index (χ1n) is 16.3. The molecule has 232 valence electrons. The number of allylic oxidation sites excluding steroid dienone is 3. The maximum absolute atomic E-state index is 6.55. The minimum atomic E-state index is 0.576. The van der Waals surface area contributed by atoms with Gasteiger partial charge in [-0.3, -0.25) is 0 Å². The van der Waals surface area contributed by atoms with E-state index in [1.165, 1.54) is 0 Å². The summed E-state index contributed by atoms with van der Waals surface area (Å²) in [4.78, 5) is 15.2. The second kappa shape index (κ2) is 11.9. The van der Waals surface area contributed by atoms with Crippen molar-refractivity contribution in [2.24, 2.45) is 0 Å². The zero-order valence-electron chi connectivity index (χ0n) is 26.7. The number of fused-ring (bicyclic) bond motifs is 6. The average Bonchev–Trinajstić information content (AvgIpc) is 3.73. The highest BCUT2D eigenvalue weighted by atomic mass is 16.3. The summed E-state index contributed by atoms with van der Waals surface area (Å²) < 4.78 is 12.9. The fourth-order valence-electron chi connectivity index (χ4n) is 6.58. The molecule has 0 amide bonds. The number of rotatable bonds is 6. The molecule has 0 aliphatic carbocycles. The minimum absolute atomic E-state index is 0.576. The maximum atomic E-state index is 6.55. The van der Waals surface area contributed by atoms with Gasteiger partial charge in [-0.2, -0.15) is 0 Å². The van der Waals surface area contributed by atoms with Crippen molar-refractivity contribution in [1.82, 2.24) is 15.0 Å². The molecule has 0 aliphatic heterocycles. The lowest BCUT2D eigenvalue weighted by Crippen LogP contribution is -2.00. The topological polar surface area (TPSA) is 65.0 Å². The van der Waals surface area contributed by atoms with Gasteiger partial charge in [-0.15, -0.1) is 0 Å². The Balaban J connectivity index is 1.34. The minimum Gasteiger partial charge on any atom is -0.456 e. The van der Waals surface area contributed by atoms with Crippen molar-refractivity contribution in [1.29, 1.82) is 0 Å². The van der Waals surface area contributed by atoms with Gasteiger partial charge in [0.15, 0.2) is 17.5 Å². The van der Waals surface area contributed by atoms with E-state index < -0.39 is 0 Å².